The first-order chi connectivity index (χ1) is 14.7. The van der Waals surface area contributed by atoms with Crippen LogP contribution in [0.3, 0.4) is 0 Å². The van der Waals surface area contributed by atoms with Crippen molar-refractivity contribution in [1.29, 1.82) is 0 Å². The van der Waals surface area contributed by atoms with Gasteiger partial charge >= 0.3 is 0 Å². The molecule has 0 amide bonds. The molecule has 0 N–H and O–H groups in total. The van der Waals surface area contributed by atoms with E-state index in [-0.39, 0.29) is 5.02 Å². The number of alkyl halides is 1. The van der Waals surface area contributed by atoms with E-state index in [9.17, 15) is 12.8 Å². The van der Waals surface area contributed by atoms with Crippen LogP contribution in [0.15, 0.2) is 47.9 Å². The van der Waals surface area contributed by atoms with Crippen molar-refractivity contribution in [2.45, 2.75) is 23.5 Å². The van der Waals surface area contributed by atoms with Crippen molar-refractivity contribution in [3.8, 4) is 0 Å². The lowest BCUT2D eigenvalue weighted by Gasteiger charge is -2.38. The van der Waals surface area contributed by atoms with Crippen molar-refractivity contribution >= 4 is 49.7 Å². The number of hydrogen-bond donors (Lipinski definition) is 0. The summed E-state index contributed by atoms with van der Waals surface area (Å²) in [6.45, 7) is 3.59. The Kier molecular flexibility index (Phi) is 6.47. The normalized spacial score (nSPS) is 24.6. The van der Waals surface area contributed by atoms with E-state index in [2.05, 4.69) is 9.88 Å². The van der Waals surface area contributed by atoms with Gasteiger partial charge in [0.2, 0.25) is 10.0 Å². The van der Waals surface area contributed by atoms with Crippen LogP contribution in [0.4, 0.5) is 9.52 Å². The van der Waals surface area contributed by atoms with Gasteiger partial charge in [0, 0.05) is 38.0 Å². The molecule has 2 aliphatic rings. The molecule has 1 aromatic heterocycles. The fraction of sp³-hybridized carbons (Fsp3) is 0.381. The molecule has 0 bridgehead atoms. The fourth-order valence-electron chi connectivity index (χ4n) is 3.76. The van der Waals surface area contributed by atoms with Gasteiger partial charge in [0.15, 0.2) is 5.13 Å². The van der Waals surface area contributed by atoms with Crippen LogP contribution in [0.1, 0.15) is 18.2 Å². The number of piperazine rings is 1. The smallest absolute Gasteiger partial charge is 0.222 e. The molecule has 166 valence electrons. The second kappa shape index (κ2) is 8.83. The van der Waals surface area contributed by atoms with E-state index < -0.39 is 26.0 Å². The standard InChI is InChI=1S/C21H22Cl2FN3O2S2/c1-21(23)7-3-2-4-19(21)31(28,29)27-10-8-26(9-11-27)20-25-16(14-30-20)12-15-5-6-18(24)17(22)13-15/h2-7,13-14,19H,8-12H2,1H3. The first-order valence-corrected chi connectivity index (χ1v) is 13.0. The zero-order chi connectivity index (χ0) is 22.2. The van der Waals surface area contributed by atoms with Crippen molar-refractivity contribution < 1.29 is 12.8 Å². The lowest BCUT2D eigenvalue weighted by Crippen LogP contribution is -2.54. The van der Waals surface area contributed by atoms with Crippen LogP contribution < -0.4 is 4.90 Å². The Bertz CT molecular complexity index is 1120. The summed E-state index contributed by atoms with van der Waals surface area (Å²) in [5.41, 5.74) is 1.76. The molecule has 4 rings (SSSR count). The summed E-state index contributed by atoms with van der Waals surface area (Å²) in [4.78, 5) is 5.81. The highest BCUT2D eigenvalue weighted by Crippen LogP contribution is 2.33. The van der Waals surface area contributed by atoms with Gasteiger partial charge in [0.1, 0.15) is 11.1 Å². The Hall–Kier alpha value is -1.45. The molecule has 2 aromatic rings. The van der Waals surface area contributed by atoms with Crippen molar-refractivity contribution in [3.63, 3.8) is 0 Å². The van der Waals surface area contributed by atoms with Crippen LogP contribution in [-0.2, 0) is 16.4 Å². The number of sulfonamides is 1. The van der Waals surface area contributed by atoms with Gasteiger partial charge in [0.25, 0.3) is 0 Å². The molecule has 1 saturated heterocycles. The Morgan fingerprint density at radius 2 is 2.00 bits per heavy atom. The number of rotatable bonds is 5. The third-order valence-electron chi connectivity index (χ3n) is 5.47. The van der Waals surface area contributed by atoms with Gasteiger partial charge in [-0.3, -0.25) is 0 Å². The van der Waals surface area contributed by atoms with Crippen LogP contribution in [0, 0.1) is 5.82 Å². The van der Waals surface area contributed by atoms with Crippen molar-refractivity contribution in [2.75, 3.05) is 31.1 Å². The third kappa shape index (κ3) is 4.83. The van der Waals surface area contributed by atoms with E-state index >= 15 is 0 Å². The van der Waals surface area contributed by atoms with Crippen LogP contribution in [0.2, 0.25) is 5.02 Å². The number of halogens is 3. The third-order valence-corrected chi connectivity index (χ3v) is 9.58. The maximum atomic E-state index is 13.3. The zero-order valence-corrected chi connectivity index (χ0v) is 20.0. The number of anilines is 1. The average Bonchev–Trinajstić information content (AvgIpc) is 3.19. The monoisotopic (exact) mass is 501 g/mol. The largest absolute Gasteiger partial charge is 0.345 e. The van der Waals surface area contributed by atoms with Gasteiger partial charge in [-0.15, -0.1) is 22.9 Å². The number of hydrogen-bond acceptors (Lipinski definition) is 5. The molecule has 1 aromatic carbocycles. The summed E-state index contributed by atoms with van der Waals surface area (Å²) >= 11 is 13.8. The molecule has 0 radical (unpaired) electrons. The second-order valence-corrected chi connectivity index (χ2v) is 11.9. The Labute approximate surface area is 195 Å². The molecule has 1 fully saturated rings. The van der Waals surface area contributed by atoms with Gasteiger partial charge in [-0.05, 0) is 24.6 Å². The van der Waals surface area contributed by atoms with E-state index in [1.54, 1.807) is 43.4 Å². The Morgan fingerprint density at radius 3 is 2.68 bits per heavy atom. The first kappa shape index (κ1) is 22.7. The van der Waals surface area contributed by atoms with Gasteiger partial charge in [-0.25, -0.2) is 17.8 Å². The maximum absolute atomic E-state index is 13.3. The minimum Gasteiger partial charge on any atom is -0.345 e. The highest BCUT2D eigenvalue weighted by molar-refractivity contribution is 7.90. The van der Waals surface area contributed by atoms with Crippen LogP contribution in [-0.4, -0.2) is 54.0 Å². The van der Waals surface area contributed by atoms with Crippen LogP contribution in [0.25, 0.3) is 0 Å². The van der Waals surface area contributed by atoms with Crippen molar-refractivity contribution in [3.05, 3.63) is 70.0 Å². The minimum atomic E-state index is -3.56. The first-order valence-electron chi connectivity index (χ1n) is 9.84. The molecule has 10 heteroatoms. The predicted octanol–water partition coefficient (Wildman–Crippen LogP) is 4.47. The average molecular weight is 502 g/mol. The van der Waals surface area contributed by atoms with E-state index in [0.29, 0.717) is 32.6 Å². The minimum absolute atomic E-state index is 0.0987. The molecular formula is C21H22Cl2FN3O2S2. The Balaban J connectivity index is 1.39. The lowest BCUT2D eigenvalue weighted by atomic mass is 10.0. The number of allylic oxidation sites excluding steroid dienone is 3. The maximum Gasteiger partial charge on any atom is 0.222 e. The summed E-state index contributed by atoms with van der Waals surface area (Å²) < 4.78 is 41.2. The summed E-state index contributed by atoms with van der Waals surface area (Å²) in [5, 5.41) is 2.13. The lowest BCUT2D eigenvalue weighted by molar-refractivity contribution is 0.379. The molecule has 31 heavy (non-hydrogen) atoms. The van der Waals surface area contributed by atoms with E-state index in [1.165, 1.54) is 21.7 Å². The van der Waals surface area contributed by atoms with E-state index in [1.807, 2.05) is 5.38 Å². The molecule has 5 nitrogen and oxygen atoms in total. The number of nitrogens with zero attached hydrogens (tertiary/aromatic N) is 3. The van der Waals surface area contributed by atoms with E-state index in [4.69, 9.17) is 23.2 Å². The van der Waals surface area contributed by atoms with Crippen LogP contribution in [0.5, 0.6) is 0 Å². The summed E-state index contributed by atoms with van der Waals surface area (Å²) in [7, 11) is -3.56. The molecule has 0 saturated carbocycles. The molecule has 2 unspecified atom stereocenters. The highest BCUT2D eigenvalue weighted by atomic mass is 35.5. The molecule has 2 heterocycles. The van der Waals surface area contributed by atoms with E-state index in [0.717, 1.165) is 16.4 Å². The highest BCUT2D eigenvalue weighted by Gasteiger charge is 2.43. The molecule has 1 aliphatic heterocycles. The number of aromatic nitrogens is 1. The summed E-state index contributed by atoms with van der Waals surface area (Å²) in [5.74, 6) is -0.438. The van der Waals surface area contributed by atoms with Gasteiger partial charge in [-0.2, -0.15) is 4.31 Å². The molecular weight excluding hydrogens is 480 g/mol. The van der Waals surface area contributed by atoms with Crippen molar-refractivity contribution in [2.24, 2.45) is 0 Å². The quantitative estimate of drug-likeness (QED) is 0.567. The summed E-state index contributed by atoms with van der Waals surface area (Å²) in [6, 6.07) is 4.66. The SMILES string of the molecule is CC1(Cl)C=CC=CC1S(=O)(=O)N1CCN(c2nc(Cc3ccc(F)c(Cl)c3)cs2)CC1. The summed E-state index contributed by atoms with van der Waals surface area (Å²) in [6.07, 6.45) is 7.44. The fourth-order valence-corrected chi connectivity index (χ4v) is 7.27. The molecule has 2 atom stereocenters. The Morgan fingerprint density at radius 1 is 1.26 bits per heavy atom. The van der Waals surface area contributed by atoms with Crippen molar-refractivity contribution in [1.82, 2.24) is 9.29 Å². The number of thiazole rings is 1. The van der Waals surface area contributed by atoms with Gasteiger partial charge in [0.05, 0.1) is 15.6 Å². The molecule has 1 aliphatic carbocycles. The predicted molar refractivity (Wildman–Crippen MR) is 125 cm³/mol. The van der Waals surface area contributed by atoms with Crippen LogP contribution >= 0.6 is 34.5 Å². The van der Waals surface area contributed by atoms with Gasteiger partial charge in [-0.1, -0.05) is 42.0 Å². The van der Waals surface area contributed by atoms with Gasteiger partial charge < -0.3 is 4.90 Å². The number of benzene rings is 1. The second-order valence-electron chi connectivity index (χ2n) is 7.79. The molecule has 0 spiro atoms. The topological polar surface area (TPSA) is 53.5 Å². The zero-order valence-electron chi connectivity index (χ0n) is 16.8.